The number of benzene rings is 1. The average Bonchev–Trinajstić information content (AvgIpc) is 3.37. The first kappa shape index (κ1) is 26.6. The Balaban J connectivity index is 0.000000189. The first-order chi connectivity index (χ1) is 17.0. The molecule has 1 aromatic heterocycles. The summed E-state index contributed by atoms with van der Waals surface area (Å²) in [5.74, 6) is 0.826. The molecule has 0 radical (unpaired) electrons. The number of fused-ring (bicyclic) bond motifs is 3. The highest BCUT2D eigenvalue weighted by Crippen LogP contribution is 2.33. The van der Waals surface area contributed by atoms with Gasteiger partial charge in [0.05, 0.1) is 19.3 Å². The van der Waals surface area contributed by atoms with Crippen LogP contribution in [-0.4, -0.2) is 29.5 Å². The molecular formula is C27H35F2N3O3. The third-order valence-electron chi connectivity index (χ3n) is 6.37. The Bertz CT molecular complexity index is 1040. The van der Waals surface area contributed by atoms with Crippen LogP contribution in [0.2, 0.25) is 0 Å². The monoisotopic (exact) mass is 487 g/mol. The summed E-state index contributed by atoms with van der Waals surface area (Å²) in [6.45, 7) is 5.05. The van der Waals surface area contributed by atoms with Gasteiger partial charge < -0.3 is 20.1 Å². The number of ether oxygens (including phenoxy) is 2. The molecule has 1 atom stereocenters. The highest BCUT2D eigenvalue weighted by atomic mass is 19.3. The van der Waals surface area contributed by atoms with Crippen LogP contribution in [0.3, 0.4) is 0 Å². The van der Waals surface area contributed by atoms with Crippen LogP contribution >= 0.6 is 0 Å². The van der Waals surface area contributed by atoms with E-state index >= 15 is 0 Å². The van der Waals surface area contributed by atoms with Crippen LogP contribution in [-0.2, 0) is 35.6 Å². The van der Waals surface area contributed by atoms with Gasteiger partial charge in [0.15, 0.2) is 0 Å². The molecule has 2 aliphatic heterocycles. The maximum Gasteiger partial charge on any atom is 0.387 e. The van der Waals surface area contributed by atoms with Gasteiger partial charge in [-0.1, -0.05) is 32.1 Å². The molecule has 1 aliphatic carbocycles. The molecule has 5 rings (SSSR count). The van der Waals surface area contributed by atoms with Crippen LogP contribution in [0.5, 0.6) is 5.75 Å². The Hall–Kier alpha value is -3.00. The molecule has 3 heterocycles. The number of carbonyl (C=O) groups excluding carboxylic acids is 1. The lowest BCUT2D eigenvalue weighted by atomic mass is 9.91. The van der Waals surface area contributed by atoms with Crippen LogP contribution in [0.15, 0.2) is 30.4 Å². The second-order valence-corrected chi connectivity index (χ2v) is 8.48. The van der Waals surface area contributed by atoms with Crippen molar-refractivity contribution in [1.29, 1.82) is 0 Å². The molecule has 6 nitrogen and oxygen atoms in total. The van der Waals surface area contributed by atoms with Gasteiger partial charge in [-0.2, -0.15) is 8.78 Å². The van der Waals surface area contributed by atoms with E-state index in [1.165, 1.54) is 35.7 Å². The third kappa shape index (κ3) is 6.36. The smallest absolute Gasteiger partial charge is 0.387 e. The van der Waals surface area contributed by atoms with Crippen molar-refractivity contribution in [1.82, 2.24) is 9.88 Å². The first-order valence-corrected chi connectivity index (χ1v) is 12.3. The molecule has 190 valence electrons. The SMILES string of the molecule is CC.Cc1cc(OC(F)F)ccc1[C@H]1C=CCCN1C=O.Nc1nc2c(c3c1COC3)CCCC2. The molecule has 0 bridgehead atoms. The molecule has 3 aliphatic rings. The molecule has 0 fully saturated rings. The van der Waals surface area contributed by atoms with Gasteiger partial charge in [-0.3, -0.25) is 4.79 Å². The van der Waals surface area contributed by atoms with E-state index in [4.69, 9.17) is 10.5 Å². The van der Waals surface area contributed by atoms with Crippen molar-refractivity contribution in [3.8, 4) is 5.75 Å². The number of nitrogen functional groups attached to an aromatic ring is 1. The number of amides is 1. The number of nitrogens with two attached hydrogens (primary N) is 1. The Morgan fingerprint density at radius 2 is 1.91 bits per heavy atom. The van der Waals surface area contributed by atoms with Crippen LogP contribution in [0.25, 0.3) is 0 Å². The number of halogens is 2. The number of hydrogen-bond donors (Lipinski definition) is 1. The maximum absolute atomic E-state index is 12.1. The zero-order valence-corrected chi connectivity index (χ0v) is 20.7. The van der Waals surface area contributed by atoms with Crippen molar-refractivity contribution >= 4 is 12.2 Å². The van der Waals surface area contributed by atoms with Gasteiger partial charge in [-0.05, 0) is 73.4 Å². The van der Waals surface area contributed by atoms with Gasteiger partial charge in [-0.25, -0.2) is 4.98 Å². The maximum atomic E-state index is 12.1. The average molecular weight is 488 g/mol. The summed E-state index contributed by atoms with van der Waals surface area (Å²) in [4.78, 5) is 17.2. The number of nitrogens with zero attached hydrogens (tertiary/aromatic N) is 2. The molecule has 0 saturated heterocycles. The molecule has 1 amide bonds. The topological polar surface area (TPSA) is 77.7 Å². The van der Waals surface area contributed by atoms with Crippen LogP contribution < -0.4 is 10.5 Å². The molecule has 2 aromatic rings. The van der Waals surface area contributed by atoms with Crippen molar-refractivity contribution in [2.45, 2.75) is 78.7 Å². The van der Waals surface area contributed by atoms with Crippen LogP contribution in [0.4, 0.5) is 14.6 Å². The van der Waals surface area contributed by atoms with Crippen LogP contribution in [0.1, 0.15) is 72.7 Å². The van der Waals surface area contributed by atoms with Crippen molar-refractivity contribution in [2.75, 3.05) is 12.3 Å². The van der Waals surface area contributed by atoms with E-state index in [9.17, 15) is 13.6 Å². The van der Waals surface area contributed by atoms with Gasteiger partial charge in [-0.15, -0.1) is 0 Å². The molecule has 0 saturated carbocycles. The predicted molar refractivity (Wildman–Crippen MR) is 132 cm³/mol. The Kier molecular flexibility index (Phi) is 9.60. The summed E-state index contributed by atoms with van der Waals surface area (Å²) in [5, 5.41) is 0. The zero-order valence-electron chi connectivity index (χ0n) is 20.7. The number of anilines is 1. The summed E-state index contributed by atoms with van der Waals surface area (Å²) in [7, 11) is 0. The lowest BCUT2D eigenvalue weighted by Crippen LogP contribution is -2.29. The van der Waals surface area contributed by atoms with Crippen molar-refractivity contribution in [3.63, 3.8) is 0 Å². The fourth-order valence-electron chi connectivity index (χ4n) is 4.73. The minimum Gasteiger partial charge on any atom is -0.435 e. The van der Waals surface area contributed by atoms with E-state index in [-0.39, 0.29) is 11.8 Å². The normalized spacial score (nSPS) is 18.0. The largest absolute Gasteiger partial charge is 0.435 e. The third-order valence-corrected chi connectivity index (χ3v) is 6.37. The van der Waals surface area contributed by atoms with E-state index in [1.54, 1.807) is 17.0 Å². The fraction of sp³-hybridized carbons (Fsp3) is 0.481. The van der Waals surface area contributed by atoms with E-state index < -0.39 is 6.61 Å². The molecule has 0 unspecified atom stereocenters. The minimum absolute atomic E-state index is 0.133. The van der Waals surface area contributed by atoms with Gasteiger partial charge in [0, 0.05) is 17.8 Å². The van der Waals surface area contributed by atoms with E-state index in [1.807, 2.05) is 32.9 Å². The number of pyridine rings is 1. The van der Waals surface area contributed by atoms with E-state index in [2.05, 4.69) is 9.72 Å². The number of rotatable bonds is 4. The summed E-state index contributed by atoms with van der Waals surface area (Å²) in [6.07, 6.45) is 10.4. The van der Waals surface area contributed by atoms with E-state index in [0.717, 1.165) is 49.0 Å². The Morgan fingerprint density at radius 1 is 1.17 bits per heavy atom. The molecule has 2 N–H and O–H groups in total. The second kappa shape index (κ2) is 12.6. The predicted octanol–water partition coefficient (Wildman–Crippen LogP) is 5.65. The van der Waals surface area contributed by atoms with Gasteiger partial charge >= 0.3 is 6.61 Å². The summed E-state index contributed by atoms with van der Waals surface area (Å²) in [6, 6.07) is 4.66. The lowest BCUT2D eigenvalue weighted by Gasteiger charge is -2.30. The highest BCUT2D eigenvalue weighted by Gasteiger charge is 2.24. The van der Waals surface area contributed by atoms with Crippen molar-refractivity contribution < 1.29 is 23.0 Å². The summed E-state index contributed by atoms with van der Waals surface area (Å²) in [5.41, 5.74) is 12.8. The Morgan fingerprint density at radius 3 is 2.63 bits per heavy atom. The molecule has 35 heavy (non-hydrogen) atoms. The van der Waals surface area contributed by atoms with Crippen LogP contribution in [0, 0.1) is 6.92 Å². The summed E-state index contributed by atoms with van der Waals surface area (Å²) >= 11 is 0. The first-order valence-electron chi connectivity index (χ1n) is 12.3. The molecule has 0 spiro atoms. The number of carbonyl (C=O) groups is 1. The molecule has 8 heteroatoms. The number of alkyl halides is 2. The quantitative estimate of drug-likeness (QED) is 0.445. The second-order valence-electron chi connectivity index (χ2n) is 8.48. The van der Waals surface area contributed by atoms with Gasteiger partial charge in [0.2, 0.25) is 6.41 Å². The zero-order chi connectivity index (χ0) is 25.4. The van der Waals surface area contributed by atoms with Crippen molar-refractivity contribution in [3.05, 3.63) is 63.9 Å². The Labute approximate surface area is 206 Å². The number of aryl methyl sites for hydroxylation is 2. The molecular weight excluding hydrogens is 452 g/mol. The minimum atomic E-state index is -2.83. The fourth-order valence-corrected chi connectivity index (χ4v) is 4.73. The highest BCUT2D eigenvalue weighted by molar-refractivity contribution is 5.52. The van der Waals surface area contributed by atoms with E-state index in [0.29, 0.717) is 19.0 Å². The standard InChI is InChI=1S/C14H15F2NO2.C11H14N2O.C2H6/c1-10-8-11(19-14(15)16)5-6-12(10)13-4-2-3-7-17(13)9-18;12-11-9-6-14-5-8(9)7-3-1-2-4-10(7)13-11;1-2/h2,4-6,8-9,13-14H,3,7H2,1H3;1-6H2,(H2,12,13);1-2H3/t13-;;/m1../s1. The lowest BCUT2D eigenvalue weighted by molar-refractivity contribution is -0.119. The number of hydrogen-bond acceptors (Lipinski definition) is 5. The van der Waals surface area contributed by atoms with Gasteiger partial charge in [0.1, 0.15) is 11.6 Å². The molecule has 1 aromatic carbocycles. The van der Waals surface area contributed by atoms with Gasteiger partial charge in [0.25, 0.3) is 0 Å². The summed E-state index contributed by atoms with van der Waals surface area (Å²) < 4.78 is 34.1. The van der Waals surface area contributed by atoms with Crippen molar-refractivity contribution in [2.24, 2.45) is 0 Å². The number of aromatic nitrogens is 1.